The lowest BCUT2D eigenvalue weighted by atomic mass is 10.1. The summed E-state index contributed by atoms with van der Waals surface area (Å²) in [5.74, 6) is 0.960. The van der Waals surface area contributed by atoms with Crippen molar-refractivity contribution in [2.45, 2.75) is 44.7 Å². The highest BCUT2D eigenvalue weighted by Crippen LogP contribution is 2.27. The molecule has 0 atom stereocenters. The van der Waals surface area contributed by atoms with Crippen molar-refractivity contribution in [3.8, 4) is 5.75 Å². The SMILES string of the molecule is Brc1cc(CNC2CC2)ccc1OCCN1CCCCC1. The Labute approximate surface area is 136 Å². The molecule has 0 bridgehead atoms. The van der Waals surface area contributed by atoms with Gasteiger partial charge >= 0.3 is 0 Å². The predicted molar refractivity (Wildman–Crippen MR) is 89.8 cm³/mol. The maximum atomic E-state index is 5.92. The molecule has 3 nitrogen and oxygen atoms in total. The van der Waals surface area contributed by atoms with Crippen LogP contribution >= 0.6 is 15.9 Å². The van der Waals surface area contributed by atoms with Crippen molar-refractivity contribution in [1.29, 1.82) is 0 Å². The van der Waals surface area contributed by atoms with Gasteiger partial charge in [0.25, 0.3) is 0 Å². The zero-order valence-electron chi connectivity index (χ0n) is 12.6. The van der Waals surface area contributed by atoms with Crippen molar-refractivity contribution >= 4 is 15.9 Å². The molecule has 21 heavy (non-hydrogen) atoms. The number of nitrogens with one attached hydrogen (secondary N) is 1. The minimum Gasteiger partial charge on any atom is -0.491 e. The van der Waals surface area contributed by atoms with Gasteiger partial charge in [0.2, 0.25) is 0 Å². The van der Waals surface area contributed by atoms with Gasteiger partial charge in [0.15, 0.2) is 0 Å². The fraction of sp³-hybridized carbons (Fsp3) is 0.647. The van der Waals surface area contributed by atoms with Crippen LogP contribution in [0, 0.1) is 0 Å². The monoisotopic (exact) mass is 352 g/mol. The number of hydrogen-bond donors (Lipinski definition) is 1. The number of rotatable bonds is 7. The van der Waals surface area contributed by atoms with E-state index in [4.69, 9.17) is 4.74 Å². The summed E-state index contributed by atoms with van der Waals surface area (Å²) in [5, 5.41) is 3.54. The van der Waals surface area contributed by atoms with E-state index in [1.54, 1.807) is 0 Å². The third kappa shape index (κ3) is 4.97. The molecule has 4 heteroatoms. The fourth-order valence-corrected chi connectivity index (χ4v) is 3.33. The van der Waals surface area contributed by atoms with Crippen molar-refractivity contribution in [1.82, 2.24) is 10.2 Å². The zero-order valence-corrected chi connectivity index (χ0v) is 14.2. The summed E-state index contributed by atoms with van der Waals surface area (Å²) in [4.78, 5) is 2.51. The van der Waals surface area contributed by atoms with Crippen LogP contribution in [0.3, 0.4) is 0 Å². The summed E-state index contributed by atoms with van der Waals surface area (Å²) < 4.78 is 6.99. The molecule has 2 fully saturated rings. The van der Waals surface area contributed by atoms with Crippen LogP contribution in [0.5, 0.6) is 5.75 Å². The summed E-state index contributed by atoms with van der Waals surface area (Å²) in [6, 6.07) is 7.18. The van der Waals surface area contributed by atoms with Gasteiger partial charge in [0.05, 0.1) is 4.47 Å². The van der Waals surface area contributed by atoms with Gasteiger partial charge in [0, 0.05) is 19.1 Å². The number of piperidine rings is 1. The first-order chi connectivity index (χ1) is 10.3. The van der Waals surface area contributed by atoms with Crippen molar-refractivity contribution in [3.63, 3.8) is 0 Å². The second-order valence-electron chi connectivity index (χ2n) is 6.17. The van der Waals surface area contributed by atoms with Gasteiger partial charge in [-0.2, -0.15) is 0 Å². The van der Waals surface area contributed by atoms with Crippen LogP contribution in [-0.4, -0.2) is 37.2 Å². The minimum absolute atomic E-state index is 0.754. The summed E-state index contributed by atoms with van der Waals surface area (Å²) in [6.45, 7) is 5.24. The van der Waals surface area contributed by atoms with E-state index < -0.39 is 0 Å². The van der Waals surface area contributed by atoms with E-state index in [1.807, 2.05) is 0 Å². The first-order valence-corrected chi connectivity index (χ1v) is 8.97. The quantitative estimate of drug-likeness (QED) is 0.811. The Morgan fingerprint density at radius 2 is 2.00 bits per heavy atom. The number of benzene rings is 1. The minimum atomic E-state index is 0.754. The lowest BCUT2D eigenvalue weighted by Gasteiger charge is -2.26. The number of nitrogens with zero attached hydrogens (tertiary/aromatic N) is 1. The third-order valence-electron chi connectivity index (χ3n) is 4.28. The number of ether oxygens (including phenoxy) is 1. The van der Waals surface area contributed by atoms with Crippen molar-refractivity contribution < 1.29 is 4.74 Å². The summed E-state index contributed by atoms with van der Waals surface area (Å²) >= 11 is 3.63. The number of likely N-dealkylation sites (tertiary alicyclic amines) is 1. The van der Waals surface area contributed by atoms with Gasteiger partial charge in [-0.25, -0.2) is 0 Å². The van der Waals surface area contributed by atoms with Crippen LogP contribution < -0.4 is 10.1 Å². The van der Waals surface area contributed by atoms with Gasteiger partial charge in [-0.05, 0) is 72.4 Å². The first kappa shape index (κ1) is 15.3. The van der Waals surface area contributed by atoms with E-state index in [0.717, 1.165) is 36.0 Å². The van der Waals surface area contributed by atoms with Gasteiger partial charge in [0.1, 0.15) is 12.4 Å². The highest BCUT2D eigenvalue weighted by Gasteiger charge is 2.20. The molecule has 1 N–H and O–H groups in total. The molecule has 0 radical (unpaired) electrons. The molecule has 2 aliphatic rings. The van der Waals surface area contributed by atoms with Crippen LogP contribution in [0.1, 0.15) is 37.7 Å². The van der Waals surface area contributed by atoms with Crippen LogP contribution in [0.15, 0.2) is 22.7 Å². The smallest absolute Gasteiger partial charge is 0.133 e. The number of hydrogen-bond acceptors (Lipinski definition) is 3. The first-order valence-electron chi connectivity index (χ1n) is 8.18. The molecule has 1 aromatic carbocycles. The maximum absolute atomic E-state index is 5.92. The molecule has 1 saturated heterocycles. The van der Waals surface area contributed by atoms with Gasteiger partial charge in [-0.1, -0.05) is 12.5 Å². The molecular weight excluding hydrogens is 328 g/mol. The molecule has 1 saturated carbocycles. The van der Waals surface area contributed by atoms with Crippen LogP contribution in [0.2, 0.25) is 0 Å². The second kappa shape index (κ2) is 7.61. The molecule has 1 aliphatic heterocycles. The van der Waals surface area contributed by atoms with Crippen molar-refractivity contribution in [2.75, 3.05) is 26.2 Å². The zero-order chi connectivity index (χ0) is 14.5. The Morgan fingerprint density at radius 3 is 2.71 bits per heavy atom. The Balaban J connectivity index is 1.43. The molecule has 0 spiro atoms. The second-order valence-corrected chi connectivity index (χ2v) is 7.03. The normalized spacial score (nSPS) is 19.7. The van der Waals surface area contributed by atoms with E-state index in [0.29, 0.717) is 0 Å². The van der Waals surface area contributed by atoms with E-state index in [2.05, 4.69) is 44.3 Å². The van der Waals surface area contributed by atoms with Gasteiger partial charge in [-0.15, -0.1) is 0 Å². The average molecular weight is 353 g/mol. The molecule has 116 valence electrons. The largest absolute Gasteiger partial charge is 0.491 e. The lowest BCUT2D eigenvalue weighted by molar-refractivity contribution is 0.183. The number of halogens is 1. The highest BCUT2D eigenvalue weighted by atomic mass is 79.9. The third-order valence-corrected chi connectivity index (χ3v) is 4.90. The molecule has 0 unspecified atom stereocenters. The topological polar surface area (TPSA) is 24.5 Å². The average Bonchev–Trinajstić information content (AvgIpc) is 3.32. The van der Waals surface area contributed by atoms with Crippen LogP contribution in [0.4, 0.5) is 0 Å². The van der Waals surface area contributed by atoms with E-state index in [9.17, 15) is 0 Å². The Hall–Kier alpha value is -0.580. The lowest BCUT2D eigenvalue weighted by Crippen LogP contribution is -2.33. The molecular formula is C17H25BrN2O. The van der Waals surface area contributed by atoms with Crippen molar-refractivity contribution in [3.05, 3.63) is 28.2 Å². The molecule has 1 aromatic rings. The molecule has 0 aromatic heterocycles. The van der Waals surface area contributed by atoms with Crippen LogP contribution in [0.25, 0.3) is 0 Å². The highest BCUT2D eigenvalue weighted by molar-refractivity contribution is 9.10. The standard InChI is InChI=1S/C17H25BrN2O/c18-16-12-14(13-19-15-5-6-15)4-7-17(16)21-11-10-20-8-2-1-3-9-20/h4,7,12,15,19H,1-3,5-6,8-11,13H2. The van der Waals surface area contributed by atoms with Crippen molar-refractivity contribution in [2.24, 2.45) is 0 Å². The van der Waals surface area contributed by atoms with E-state index in [1.165, 1.54) is 50.8 Å². The van der Waals surface area contributed by atoms with Gasteiger partial charge in [-0.3, -0.25) is 4.90 Å². The summed E-state index contributed by atoms with van der Waals surface area (Å²) in [5.41, 5.74) is 1.32. The predicted octanol–water partition coefficient (Wildman–Crippen LogP) is 3.57. The fourth-order valence-electron chi connectivity index (χ4n) is 2.79. The Bertz CT molecular complexity index is 456. The van der Waals surface area contributed by atoms with E-state index >= 15 is 0 Å². The van der Waals surface area contributed by atoms with Crippen LogP contribution in [-0.2, 0) is 6.54 Å². The molecule has 0 amide bonds. The van der Waals surface area contributed by atoms with E-state index in [-0.39, 0.29) is 0 Å². The molecule has 1 heterocycles. The summed E-state index contributed by atoms with van der Waals surface area (Å²) in [6.07, 6.45) is 6.73. The molecule has 1 aliphatic carbocycles. The Kier molecular flexibility index (Phi) is 5.55. The Morgan fingerprint density at radius 1 is 1.19 bits per heavy atom. The molecule has 3 rings (SSSR count). The summed E-state index contributed by atoms with van der Waals surface area (Å²) in [7, 11) is 0. The van der Waals surface area contributed by atoms with Gasteiger partial charge < -0.3 is 10.1 Å². The maximum Gasteiger partial charge on any atom is 0.133 e.